The SMILES string of the molecule is CC.CC.CC.CC(=O)Oc1ccccc1.CC(=O)c1ccccc1O.Oc1ccccc1.[Cl][Al]([Cl])[Cl]. The number of aromatic hydroxyl groups is 2. The number of hydrogen-bond donors (Lipinski definition) is 2. The number of ketones is 1. The maximum atomic E-state index is 10.7. The number of phenols is 2. The molecule has 2 N–H and O–H groups in total. The Morgan fingerprint density at radius 2 is 1.00 bits per heavy atom. The molecule has 0 aliphatic heterocycles. The van der Waals surface area contributed by atoms with Crippen LogP contribution in [0.15, 0.2) is 84.9 Å². The lowest BCUT2D eigenvalue weighted by Gasteiger charge is -1.97. The third kappa shape index (κ3) is 31.8. The van der Waals surface area contributed by atoms with E-state index in [0.717, 1.165) is 0 Å². The largest absolute Gasteiger partial charge is 0.643 e. The molecule has 3 aromatic rings. The van der Waals surface area contributed by atoms with Gasteiger partial charge in [-0.05, 0) is 43.3 Å². The molecule has 0 spiro atoms. The van der Waals surface area contributed by atoms with Crippen molar-refractivity contribution in [3.8, 4) is 17.2 Å². The van der Waals surface area contributed by atoms with Gasteiger partial charge in [0.05, 0.1) is 5.56 Å². The summed E-state index contributed by atoms with van der Waals surface area (Å²) in [6.45, 7) is 14.8. The molecule has 0 bridgehead atoms. The van der Waals surface area contributed by atoms with Crippen LogP contribution in [0.2, 0.25) is 0 Å². The summed E-state index contributed by atoms with van der Waals surface area (Å²) in [7, 11) is 14.8. The van der Waals surface area contributed by atoms with E-state index in [-0.39, 0.29) is 17.5 Å². The molecule has 206 valence electrons. The first kappa shape index (κ1) is 41.9. The summed E-state index contributed by atoms with van der Waals surface area (Å²) < 4.78 is 4.78. The fourth-order valence-corrected chi connectivity index (χ4v) is 1.85. The quantitative estimate of drug-likeness (QED) is 0.135. The van der Waals surface area contributed by atoms with Crippen LogP contribution in [0.5, 0.6) is 17.2 Å². The number of rotatable bonds is 2. The van der Waals surface area contributed by atoms with Crippen LogP contribution in [0, 0.1) is 0 Å². The van der Waals surface area contributed by atoms with Crippen LogP contribution in [-0.2, 0) is 4.79 Å². The summed E-state index contributed by atoms with van der Waals surface area (Å²) in [5, 5.41) is 17.7. The number of ether oxygens (including phenoxy) is 1. The van der Waals surface area contributed by atoms with Crippen molar-refractivity contribution >= 4 is 53.3 Å². The first-order valence-corrected chi connectivity index (χ1v) is 17.1. The number of phenolic OH excluding ortho intramolecular Hbond substituents is 2. The van der Waals surface area contributed by atoms with Crippen molar-refractivity contribution in [3.63, 3.8) is 0 Å². The molecule has 3 aromatic carbocycles. The average Bonchev–Trinajstić information content (AvgIpc) is 2.89. The second-order valence-electron chi connectivity index (χ2n) is 5.56. The number of Topliss-reactive ketones (excluding diaryl/α,β-unsaturated/α-hetero) is 1. The zero-order valence-corrected chi connectivity index (χ0v) is 26.3. The van der Waals surface area contributed by atoms with Crippen molar-refractivity contribution < 1.29 is 24.5 Å². The molecule has 0 heterocycles. The summed E-state index contributed by atoms with van der Waals surface area (Å²) >= 11 is -1.72. The van der Waals surface area contributed by atoms with Gasteiger partial charge in [-0.2, -0.15) is 0 Å². The molecule has 37 heavy (non-hydrogen) atoms. The Morgan fingerprint density at radius 3 is 1.27 bits per heavy atom. The first-order valence-electron chi connectivity index (χ1n) is 11.8. The van der Waals surface area contributed by atoms with Crippen molar-refractivity contribution in [2.75, 3.05) is 0 Å². The Labute approximate surface area is 240 Å². The maximum absolute atomic E-state index is 10.7. The van der Waals surface area contributed by atoms with Crippen LogP contribution in [-0.4, -0.2) is 33.3 Å². The predicted molar refractivity (Wildman–Crippen MR) is 161 cm³/mol. The molecule has 9 heteroatoms. The molecule has 0 saturated heterocycles. The lowest BCUT2D eigenvalue weighted by Crippen LogP contribution is -2.00. The Morgan fingerprint density at radius 1 is 0.649 bits per heavy atom. The molecule has 0 radical (unpaired) electrons. The molecule has 0 aromatic heterocycles. The van der Waals surface area contributed by atoms with Crippen LogP contribution in [0.25, 0.3) is 0 Å². The van der Waals surface area contributed by atoms with Crippen LogP contribution in [0.1, 0.15) is 65.7 Å². The van der Waals surface area contributed by atoms with Gasteiger partial charge in [-0.1, -0.05) is 90.1 Å². The van der Waals surface area contributed by atoms with E-state index in [2.05, 4.69) is 0 Å². The van der Waals surface area contributed by atoms with Gasteiger partial charge in [0.2, 0.25) is 0 Å². The van der Waals surface area contributed by atoms with Crippen molar-refractivity contribution in [1.82, 2.24) is 0 Å². The minimum absolute atomic E-state index is 0.0509. The number of hydrogen-bond acceptors (Lipinski definition) is 5. The summed E-state index contributed by atoms with van der Waals surface area (Å²) in [5.41, 5.74) is 0.377. The second kappa shape index (κ2) is 31.8. The molecule has 5 nitrogen and oxygen atoms in total. The Hall–Kier alpha value is -2.20. The number of para-hydroxylation sites is 3. The van der Waals surface area contributed by atoms with Crippen LogP contribution < -0.4 is 4.74 Å². The third-order valence-corrected chi connectivity index (χ3v) is 3.04. The number of benzene rings is 3. The Bertz CT molecular complexity index is 894. The fraction of sp³-hybridized carbons (Fsp3) is 0.286. The van der Waals surface area contributed by atoms with Gasteiger partial charge in [0.1, 0.15) is 17.2 Å². The van der Waals surface area contributed by atoms with Crippen molar-refractivity contribution in [3.05, 3.63) is 90.5 Å². The smallest absolute Gasteiger partial charge is 0.508 e. The lowest BCUT2D eigenvalue weighted by atomic mass is 10.1. The highest BCUT2D eigenvalue weighted by molar-refractivity contribution is 7.54. The predicted octanol–water partition coefficient (Wildman–Crippen LogP) is 9.37. The summed E-state index contributed by atoms with van der Waals surface area (Å²) in [6, 6.07) is 24.2. The second-order valence-corrected chi connectivity index (χ2v) is 12.0. The van der Waals surface area contributed by atoms with E-state index in [9.17, 15) is 9.59 Å². The molecule has 0 amide bonds. The minimum atomic E-state index is -1.72. The first-order chi connectivity index (χ1) is 17.6. The highest BCUT2D eigenvalue weighted by Crippen LogP contribution is 2.15. The van der Waals surface area contributed by atoms with E-state index in [1.165, 1.54) is 19.9 Å². The molecule has 0 atom stereocenters. The normalized spacial score (nSPS) is 7.76. The van der Waals surface area contributed by atoms with E-state index in [0.29, 0.717) is 17.1 Å². The molecule has 0 saturated carbocycles. The van der Waals surface area contributed by atoms with Gasteiger partial charge in [-0.3, -0.25) is 9.59 Å². The van der Waals surface area contributed by atoms with Gasteiger partial charge in [-0.25, -0.2) is 30.1 Å². The number of esters is 1. The highest BCUT2D eigenvalue weighted by Gasteiger charge is 2.02. The maximum Gasteiger partial charge on any atom is 0.643 e. The van der Waals surface area contributed by atoms with Gasteiger partial charge in [0.25, 0.3) is 0 Å². The van der Waals surface area contributed by atoms with Gasteiger partial charge in [-0.15, -0.1) is 0 Å². The van der Waals surface area contributed by atoms with Gasteiger partial charge >= 0.3 is 17.4 Å². The zero-order valence-electron chi connectivity index (χ0n) is 22.9. The van der Waals surface area contributed by atoms with Gasteiger partial charge in [0, 0.05) is 6.92 Å². The van der Waals surface area contributed by atoms with Crippen molar-refractivity contribution in [1.29, 1.82) is 0 Å². The minimum Gasteiger partial charge on any atom is -0.508 e. The van der Waals surface area contributed by atoms with Crippen molar-refractivity contribution in [2.45, 2.75) is 55.4 Å². The molecule has 0 fully saturated rings. The molecular weight excluding hydrogens is 550 g/mol. The molecule has 0 aliphatic rings. The highest BCUT2D eigenvalue weighted by atomic mass is 35.8. The van der Waals surface area contributed by atoms with Gasteiger partial charge in [0.15, 0.2) is 5.78 Å². The summed E-state index contributed by atoms with van der Waals surface area (Å²) in [4.78, 5) is 21.1. The topological polar surface area (TPSA) is 83.8 Å². The Kier molecular flexibility index (Phi) is 36.1. The van der Waals surface area contributed by atoms with E-state index < -0.39 is 11.4 Å². The van der Waals surface area contributed by atoms with E-state index in [1.807, 2.05) is 65.8 Å². The zero-order chi connectivity index (χ0) is 29.6. The lowest BCUT2D eigenvalue weighted by molar-refractivity contribution is -0.131. The number of carbonyl (C=O) groups excluding carboxylic acids is 2. The molecule has 3 rings (SSSR count). The van der Waals surface area contributed by atoms with Crippen LogP contribution >= 0.6 is 30.1 Å². The Balaban J connectivity index is -0.000000190. The standard InChI is InChI=1S/2C8H8O2.C6H6O.3C2H6.Al.3ClH/c1-7(9)10-8-5-3-2-4-6-8;1-6(9)7-4-2-3-5-8(7)10;7-6-4-2-1-3-5-6;3*1-2;;;;/h2-6H,1H3;2-5,10H,1H3;1-5,7H;3*1-2H3;;3*1H/q;;;;;;+3;;;/p-3. The number of carbonyl (C=O) groups is 2. The summed E-state index contributed by atoms with van der Waals surface area (Å²) in [5.74, 6) is 0.566. The fourth-order valence-electron chi connectivity index (χ4n) is 1.85. The molecule has 0 aliphatic carbocycles. The number of halogens is 3. The molecule has 0 unspecified atom stereocenters. The van der Waals surface area contributed by atoms with E-state index >= 15 is 0 Å². The van der Waals surface area contributed by atoms with Crippen LogP contribution in [0.3, 0.4) is 0 Å². The van der Waals surface area contributed by atoms with Gasteiger partial charge < -0.3 is 14.9 Å². The third-order valence-electron chi connectivity index (χ3n) is 3.04. The summed E-state index contributed by atoms with van der Waals surface area (Å²) in [6.07, 6.45) is 0. The van der Waals surface area contributed by atoms with Crippen molar-refractivity contribution in [2.24, 2.45) is 0 Å². The molecular formula is C28H40AlCl3O5. The van der Waals surface area contributed by atoms with E-state index in [1.54, 1.807) is 54.6 Å². The average molecular weight is 590 g/mol. The van der Waals surface area contributed by atoms with Crippen LogP contribution in [0.4, 0.5) is 0 Å². The van der Waals surface area contributed by atoms with E-state index in [4.69, 9.17) is 45.1 Å². The monoisotopic (exact) mass is 588 g/mol.